The number of hydrogen-bond donors (Lipinski definition) is 2. The summed E-state index contributed by atoms with van der Waals surface area (Å²) in [5.41, 5.74) is 6.32. The van der Waals surface area contributed by atoms with Crippen molar-refractivity contribution in [2.24, 2.45) is 0 Å². The van der Waals surface area contributed by atoms with E-state index in [1.807, 2.05) is 30.3 Å². The fourth-order valence-electron chi connectivity index (χ4n) is 1.02. The normalized spacial score (nSPS) is 9.07. The van der Waals surface area contributed by atoms with Gasteiger partial charge in [0.2, 0.25) is 11.9 Å². The summed E-state index contributed by atoms with van der Waals surface area (Å²) >= 11 is 0. The molecule has 1 heterocycles. The van der Waals surface area contributed by atoms with Crippen molar-refractivity contribution in [2.45, 2.75) is 0 Å². The summed E-state index contributed by atoms with van der Waals surface area (Å²) in [6, 6.07) is 9.62. The van der Waals surface area contributed by atoms with Crippen LogP contribution in [0, 0.1) is 0 Å². The van der Waals surface area contributed by atoms with Crippen LogP contribution in [0.3, 0.4) is 0 Å². The molecule has 5 nitrogen and oxygen atoms in total. The summed E-state index contributed by atoms with van der Waals surface area (Å²) < 4.78 is 0. The van der Waals surface area contributed by atoms with Gasteiger partial charge >= 0.3 is 0 Å². The Hall–Kier alpha value is -1.88. The molecule has 78 valence electrons. The molecule has 0 radical (unpaired) electrons. The number of nitrogens with two attached hydrogens (primary N) is 1. The largest absolute Gasteiger partial charge is 0.368 e. The first-order chi connectivity index (χ1) is 6.84. The van der Waals surface area contributed by atoms with Crippen molar-refractivity contribution in [3.63, 3.8) is 0 Å². The van der Waals surface area contributed by atoms with Gasteiger partial charge in [0.15, 0.2) is 0 Å². The Balaban J connectivity index is 0.00000112. The van der Waals surface area contributed by atoms with Crippen LogP contribution in [0.4, 0.5) is 17.6 Å². The molecule has 2 aromatic rings. The van der Waals surface area contributed by atoms with Gasteiger partial charge in [0, 0.05) is 5.69 Å². The van der Waals surface area contributed by atoms with E-state index in [1.165, 1.54) is 6.33 Å². The minimum atomic E-state index is 0. The lowest BCUT2D eigenvalue weighted by Gasteiger charge is -2.03. The second kappa shape index (κ2) is 5.11. The van der Waals surface area contributed by atoms with Crippen molar-refractivity contribution in [1.29, 1.82) is 0 Å². The number of para-hydroxylation sites is 1. The van der Waals surface area contributed by atoms with Gasteiger partial charge < -0.3 is 11.1 Å². The Labute approximate surface area is 93.2 Å². The molecule has 0 bridgehead atoms. The molecule has 0 atom stereocenters. The number of halogens is 1. The second-order valence-electron chi connectivity index (χ2n) is 2.66. The molecule has 6 heteroatoms. The van der Waals surface area contributed by atoms with E-state index in [0.29, 0.717) is 5.95 Å². The maximum atomic E-state index is 5.41. The van der Waals surface area contributed by atoms with Crippen LogP contribution < -0.4 is 11.1 Å². The van der Waals surface area contributed by atoms with Crippen molar-refractivity contribution in [2.75, 3.05) is 11.1 Å². The number of nitrogens with one attached hydrogen (secondary N) is 1. The minimum Gasteiger partial charge on any atom is -0.368 e. The molecular weight excluding hydrogens is 214 g/mol. The lowest BCUT2D eigenvalue weighted by Crippen LogP contribution is -2.01. The quantitative estimate of drug-likeness (QED) is 0.809. The van der Waals surface area contributed by atoms with E-state index in [0.717, 1.165) is 5.69 Å². The van der Waals surface area contributed by atoms with Crippen molar-refractivity contribution < 1.29 is 0 Å². The van der Waals surface area contributed by atoms with Gasteiger partial charge in [0.25, 0.3) is 0 Å². The first-order valence-electron chi connectivity index (χ1n) is 4.11. The lowest BCUT2D eigenvalue weighted by atomic mass is 10.3. The molecule has 1 aromatic carbocycles. The van der Waals surface area contributed by atoms with Gasteiger partial charge in [-0.2, -0.15) is 4.98 Å². The topological polar surface area (TPSA) is 76.7 Å². The number of hydrogen-bond acceptors (Lipinski definition) is 5. The highest BCUT2D eigenvalue weighted by Gasteiger charge is 1.96. The number of aromatic nitrogens is 3. The van der Waals surface area contributed by atoms with Crippen molar-refractivity contribution in [1.82, 2.24) is 15.0 Å². The number of rotatable bonds is 2. The van der Waals surface area contributed by atoms with E-state index in [1.54, 1.807) is 0 Å². The maximum Gasteiger partial charge on any atom is 0.231 e. The van der Waals surface area contributed by atoms with Gasteiger partial charge in [0.05, 0.1) is 0 Å². The Bertz CT molecular complexity index is 420. The molecule has 0 amide bonds. The molecule has 0 saturated carbocycles. The summed E-state index contributed by atoms with van der Waals surface area (Å²) in [6.45, 7) is 0. The van der Waals surface area contributed by atoms with Crippen LogP contribution in [-0.4, -0.2) is 15.0 Å². The van der Waals surface area contributed by atoms with E-state index in [4.69, 9.17) is 5.73 Å². The van der Waals surface area contributed by atoms with Crippen LogP contribution in [0.5, 0.6) is 0 Å². The summed E-state index contributed by atoms with van der Waals surface area (Å²) in [4.78, 5) is 11.5. The van der Waals surface area contributed by atoms with Crippen LogP contribution in [0.25, 0.3) is 0 Å². The summed E-state index contributed by atoms with van der Waals surface area (Å²) in [5, 5.41) is 3.00. The number of nitrogens with zero attached hydrogens (tertiary/aromatic N) is 3. The highest BCUT2D eigenvalue weighted by Crippen LogP contribution is 2.10. The summed E-state index contributed by atoms with van der Waals surface area (Å²) in [6.07, 6.45) is 1.37. The molecule has 0 spiro atoms. The average molecular weight is 224 g/mol. The average Bonchev–Trinajstić information content (AvgIpc) is 2.19. The van der Waals surface area contributed by atoms with Gasteiger partial charge in [0.1, 0.15) is 6.33 Å². The van der Waals surface area contributed by atoms with Crippen molar-refractivity contribution >= 4 is 30.0 Å². The second-order valence-corrected chi connectivity index (χ2v) is 2.66. The van der Waals surface area contributed by atoms with E-state index in [2.05, 4.69) is 20.3 Å². The molecule has 0 aliphatic rings. The summed E-state index contributed by atoms with van der Waals surface area (Å²) in [7, 11) is 0. The minimum absolute atomic E-state index is 0. The summed E-state index contributed by atoms with van der Waals surface area (Å²) in [5.74, 6) is 0.655. The number of benzene rings is 1. The van der Waals surface area contributed by atoms with Gasteiger partial charge in [-0.05, 0) is 12.1 Å². The Kier molecular flexibility index (Phi) is 3.82. The smallest absolute Gasteiger partial charge is 0.231 e. The van der Waals surface area contributed by atoms with E-state index >= 15 is 0 Å². The molecule has 0 saturated heterocycles. The van der Waals surface area contributed by atoms with Crippen molar-refractivity contribution in [3.05, 3.63) is 36.7 Å². The standard InChI is InChI=1S/C9H9N5.ClH/c10-8-11-6-12-9(14-8)13-7-4-2-1-3-5-7;/h1-6H,(H3,10,11,12,13,14);1H. The van der Waals surface area contributed by atoms with Gasteiger partial charge in [-0.25, -0.2) is 9.97 Å². The molecule has 2 rings (SSSR count). The van der Waals surface area contributed by atoms with E-state index < -0.39 is 0 Å². The van der Waals surface area contributed by atoms with Crippen LogP contribution in [0.1, 0.15) is 0 Å². The van der Waals surface area contributed by atoms with Crippen LogP contribution in [0.2, 0.25) is 0 Å². The molecular formula is C9H10ClN5. The predicted octanol–water partition coefficient (Wildman–Crippen LogP) is 1.62. The predicted molar refractivity (Wildman–Crippen MR) is 61.2 cm³/mol. The highest BCUT2D eigenvalue weighted by molar-refractivity contribution is 5.85. The Morgan fingerprint density at radius 3 is 2.47 bits per heavy atom. The molecule has 0 unspecified atom stereocenters. The molecule has 3 N–H and O–H groups in total. The zero-order chi connectivity index (χ0) is 9.80. The number of nitrogen functional groups attached to an aromatic ring is 1. The monoisotopic (exact) mass is 223 g/mol. The van der Waals surface area contributed by atoms with Crippen LogP contribution in [0.15, 0.2) is 36.7 Å². The maximum absolute atomic E-state index is 5.41. The van der Waals surface area contributed by atoms with E-state index in [9.17, 15) is 0 Å². The molecule has 0 aliphatic carbocycles. The van der Waals surface area contributed by atoms with Crippen LogP contribution in [-0.2, 0) is 0 Å². The molecule has 15 heavy (non-hydrogen) atoms. The number of anilines is 3. The SMILES string of the molecule is Cl.Nc1ncnc(Nc2ccccc2)n1. The third-order valence-corrected chi connectivity index (χ3v) is 1.62. The zero-order valence-electron chi connectivity index (χ0n) is 7.79. The fourth-order valence-corrected chi connectivity index (χ4v) is 1.02. The van der Waals surface area contributed by atoms with Gasteiger partial charge in [-0.15, -0.1) is 12.4 Å². The molecule has 1 aromatic heterocycles. The highest BCUT2D eigenvalue weighted by atomic mass is 35.5. The molecule has 0 fully saturated rings. The van der Waals surface area contributed by atoms with Crippen molar-refractivity contribution in [3.8, 4) is 0 Å². The first kappa shape index (κ1) is 11.2. The zero-order valence-corrected chi connectivity index (χ0v) is 8.61. The Morgan fingerprint density at radius 2 is 1.80 bits per heavy atom. The third kappa shape index (κ3) is 3.07. The Morgan fingerprint density at radius 1 is 1.07 bits per heavy atom. The van der Waals surface area contributed by atoms with Gasteiger partial charge in [-0.1, -0.05) is 18.2 Å². The fraction of sp³-hybridized carbons (Fsp3) is 0. The first-order valence-corrected chi connectivity index (χ1v) is 4.11. The molecule has 0 aliphatic heterocycles. The van der Waals surface area contributed by atoms with E-state index in [-0.39, 0.29) is 18.4 Å². The van der Waals surface area contributed by atoms with Gasteiger partial charge in [-0.3, -0.25) is 0 Å². The third-order valence-electron chi connectivity index (χ3n) is 1.62. The van der Waals surface area contributed by atoms with Crippen LogP contribution >= 0.6 is 12.4 Å². The lowest BCUT2D eigenvalue weighted by molar-refractivity contribution is 1.07.